The van der Waals surface area contributed by atoms with Crippen LogP contribution < -0.4 is 4.90 Å². The van der Waals surface area contributed by atoms with Crippen LogP contribution in [-0.4, -0.2) is 17.6 Å². The Balaban J connectivity index is 2.14. The molecule has 0 unspecified atom stereocenters. The molecule has 0 saturated carbocycles. The average Bonchev–Trinajstić information content (AvgIpc) is 2.69. The first-order valence-corrected chi connectivity index (χ1v) is 7.05. The Hall–Kier alpha value is -2.36. The van der Waals surface area contributed by atoms with Crippen LogP contribution in [-0.2, 0) is 6.42 Å². The third kappa shape index (κ3) is 2.61. The van der Waals surface area contributed by atoms with Crippen LogP contribution in [0.2, 0.25) is 0 Å². The summed E-state index contributed by atoms with van der Waals surface area (Å²) in [5, 5.41) is 9.35. The molecule has 0 bridgehead atoms. The summed E-state index contributed by atoms with van der Waals surface area (Å²) in [6.07, 6.45) is 3.03. The minimum Gasteiger partial charge on any atom is -0.478 e. The molecular weight excluding hydrogens is 269 g/mol. The fourth-order valence-corrected chi connectivity index (χ4v) is 2.86. The number of hydrogen-bond acceptors (Lipinski definition) is 2. The van der Waals surface area contributed by atoms with Gasteiger partial charge >= 0.3 is 5.97 Å². The third-order valence-electron chi connectivity index (χ3n) is 3.84. The molecule has 108 valence electrons. The number of benzene rings is 2. The second kappa shape index (κ2) is 5.56. The lowest BCUT2D eigenvalue weighted by atomic mass is 10.1. The molecule has 0 aliphatic carbocycles. The zero-order chi connectivity index (χ0) is 14.8. The van der Waals surface area contributed by atoms with Crippen molar-refractivity contribution in [3.8, 4) is 0 Å². The lowest BCUT2D eigenvalue weighted by molar-refractivity contribution is 0.0697. The number of nitrogens with zero attached hydrogens (tertiary/aromatic N) is 1. The fourth-order valence-electron chi connectivity index (χ4n) is 2.86. The van der Waals surface area contributed by atoms with Gasteiger partial charge in [-0.05, 0) is 49.1 Å². The molecule has 3 nitrogen and oxygen atoms in total. The van der Waals surface area contributed by atoms with E-state index in [0.29, 0.717) is 5.69 Å². The molecule has 3 rings (SSSR count). The minimum atomic E-state index is -1.11. The van der Waals surface area contributed by atoms with Crippen molar-refractivity contribution >= 4 is 17.3 Å². The number of carboxylic acid groups (broad SMARTS) is 1. The molecule has 2 aromatic carbocycles. The molecule has 2 aromatic rings. The van der Waals surface area contributed by atoms with Gasteiger partial charge < -0.3 is 10.0 Å². The Labute approximate surface area is 122 Å². The summed E-state index contributed by atoms with van der Waals surface area (Å²) in [7, 11) is 0. The molecule has 0 spiro atoms. The highest BCUT2D eigenvalue weighted by atomic mass is 19.1. The van der Waals surface area contributed by atoms with Gasteiger partial charge in [0.25, 0.3) is 0 Å². The highest BCUT2D eigenvalue weighted by molar-refractivity contribution is 5.95. The van der Waals surface area contributed by atoms with Gasteiger partial charge in [-0.25, -0.2) is 9.18 Å². The van der Waals surface area contributed by atoms with Crippen LogP contribution in [0.15, 0.2) is 42.5 Å². The maximum absolute atomic E-state index is 13.4. The van der Waals surface area contributed by atoms with Gasteiger partial charge in [-0.2, -0.15) is 0 Å². The van der Waals surface area contributed by atoms with Gasteiger partial charge in [0.05, 0.1) is 11.3 Å². The summed E-state index contributed by atoms with van der Waals surface area (Å²) in [4.78, 5) is 13.4. The highest BCUT2D eigenvalue weighted by Gasteiger charge is 2.21. The number of fused-ring (bicyclic) bond motifs is 1. The highest BCUT2D eigenvalue weighted by Crippen LogP contribution is 2.34. The van der Waals surface area contributed by atoms with E-state index in [-0.39, 0.29) is 5.56 Å². The van der Waals surface area contributed by atoms with E-state index >= 15 is 0 Å². The summed E-state index contributed by atoms with van der Waals surface area (Å²) in [5.41, 5.74) is 2.78. The first-order chi connectivity index (χ1) is 10.2. The SMILES string of the molecule is O=C(O)c1cc(F)ccc1N1CCCCc2ccccc21. The summed E-state index contributed by atoms with van der Waals surface area (Å²) in [6, 6.07) is 12.0. The van der Waals surface area contributed by atoms with Crippen molar-refractivity contribution in [2.75, 3.05) is 11.4 Å². The van der Waals surface area contributed by atoms with Gasteiger partial charge in [-0.15, -0.1) is 0 Å². The average molecular weight is 285 g/mol. The van der Waals surface area contributed by atoms with E-state index in [1.807, 2.05) is 23.1 Å². The number of anilines is 2. The van der Waals surface area contributed by atoms with E-state index in [4.69, 9.17) is 0 Å². The predicted octanol–water partition coefficient (Wildman–Crippen LogP) is 4.00. The van der Waals surface area contributed by atoms with Crippen LogP contribution >= 0.6 is 0 Å². The molecule has 0 aromatic heterocycles. The van der Waals surface area contributed by atoms with Gasteiger partial charge in [0.2, 0.25) is 0 Å². The lowest BCUT2D eigenvalue weighted by Crippen LogP contribution is -2.20. The molecule has 1 N–H and O–H groups in total. The van der Waals surface area contributed by atoms with E-state index < -0.39 is 11.8 Å². The van der Waals surface area contributed by atoms with Crippen LogP contribution in [0.1, 0.15) is 28.8 Å². The van der Waals surface area contributed by atoms with E-state index in [0.717, 1.165) is 37.6 Å². The first-order valence-electron chi connectivity index (χ1n) is 7.05. The monoisotopic (exact) mass is 285 g/mol. The lowest BCUT2D eigenvalue weighted by Gasteiger charge is -2.26. The quantitative estimate of drug-likeness (QED) is 0.906. The summed E-state index contributed by atoms with van der Waals surface area (Å²) < 4.78 is 13.4. The van der Waals surface area contributed by atoms with E-state index in [1.54, 1.807) is 6.07 Å². The topological polar surface area (TPSA) is 40.5 Å². The Morgan fingerprint density at radius 1 is 1.10 bits per heavy atom. The van der Waals surface area contributed by atoms with Crippen molar-refractivity contribution in [3.05, 3.63) is 59.4 Å². The molecule has 0 amide bonds. The maximum Gasteiger partial charge on any atom is 0.337 e. The molecule has 21 heavy (non-hydrogen) atoms. The van der Waals surface area contributed by atoms with E-state index in [9.17, 15) is 14.3 Å². The zero-order valence-corrected chi connectivity index (χ0v) is 11.6. The van der Waals surface area contributed by atoms with Gasteiger partial charge in [0.1, 0.15) is 5.82 Å². The van der Waals surface area contributed by atoms with Crippen molar-refractivity contribution in [3.63, 3.8) is 0 Å². The van der Waals surface area contributed by atoms with Gasteiger partial charge in [-0.1, -0.05) is 18.2 Å². The van der Waals surface area contributed by atoms with Crippen molar-refractivity contribution in [2.45, 2.75) is 19.3 Å². The molecule has 0 saturated heterocycles. The van der Waals surface area contributed by atoms with E-state index in [2.05, 4.69) is 6.07 Å². The first kappa shape index (κ1) is 13.6. The summed E-state index contributed by atoms with van der Waals surface area (Å²) in [5.74, 6) is -1.63. The fraction of sp³-hybridized carbons (Fsp3) is 0.235. The van der Waals surface area contributed by atoms with Gasteiger partial charge in [-0.3, -0.25) is 0 Å². The molecule has 0 fully saturated rings. The normalized spacial score (nSPS) is 14.4. The van der Waals surface area contributed by atoms with Gasteiger partial charge in [0, 0.05) is 12.2 Å². The second-order valence-corrected chi connectivity index (χ2v) is 5.20. The van der Waals surface area contributed by atoms with Crippen LogP contribution in [0.5, 0.6) is 0 Å². The van der Waals surface area contributed by atoms with Gasteiger partial charge in [0.15, 0.2) is 0 Å². The van der Waals surface area contributed by atoms with Crippen molar-refractivity contribution < 1.29 is 14.3 Å². The van der Waals surface area contributed by atoms with E-state index in [1.165, 1.54) is 11.6 Å². The van der Waals surface area contributed by atoms with Crippen molar-refractivity contribution in [1.29, 1.82) is 0 Å². The molecule has 0 radical (unpaired) electrons. The Bertz CT molecular complexity index is 684. The number of halogens is 1. The number of aromatic carboxylic acids is 1. The number of para-hydroxylation sites is 1. The number of rotatable bonds is 2. The smallest absolute Gasteiger partial charge is 0.337 e. The third-order valence-corrected chi connectivity index (χ3v) is 3.84. The second-order valence-electron chi connectivity index (χ2n) is 5.20. The summed E-state index contributed by atoms with van der Waals surface area (Å²) >= 11 is 0. The Kier molecular flexibility index (Phi) is 3.60. The van der Waals surface area contributed by atoms with Crippen LogP contribution in [0.4, 0.5) is 15.8 Å². The van der Waals surface area contributed by atoms with Crippen LogP contribution in [0.3, 0.4) is 0 Å². The van der Waals surface area contributed by atoms with Crippen LogP contribution in [0, 0.1) is 5.82 Å². The molecule has 1 aliphatic rings. The molecule has 0 atom stereocenters. The molecular formula is C17H16FNO2. The zero-order valence-electron chi connectivity index (χ0n) is 11.6. The van der Waals surface area contributed by atoms with Crippen molar-refractivity contribution in [2.24, 2.45) is 0 Å². The maximum atomic E-state index is 13.4. The number of carbonyl (C=O) groups is 1. The molecule has 1 aliphatic heterocycles. The largest absolute Gasteiger partial charge is 0.478 e. The number of hydrogen-bond donors (Lipinski definition) is 1. The summed E-state index contributed by atoms with van der Waals surface area (Å²) in [6.45, 7) is 0.739. The Morgan fingerprint density at radius 2 is 1.90 bits per heavy atom. The standard InChI is InChI=1S/C17H16FNO2/c18-13-8-9-16(14(11-13)17(20)21)19-10-4-3-6-12-5-1-2-7-15(12)19/h1-2,5,7-9,11H,3-4,6,10H2,(H,20,21). The predicted molar refractivity (Wildman–Crippen MR) is 79.7 cm³/mol. The van der Waals surface area contributed by atoms with Crippen molar-refractivity contribution in [1.82, 2.24) is 0 Å². The molecule has 4 heteroatoms. The number of carboxylic acids is 1. The van der Waals surface area contributed by atoms with Crippen LogP contribution in [0.25, 0.3) is 0 Å². The minimum absolute atomic E-state index is 0.00621. The Morgan fingerprint density at radius 3 is 2.71 bits per heavy atom. The molecule has 1 heterocycles. The number of aryl methyl sites for hydroxylation is 1.